The molecule has 0 fully saturated rings. The van der Waals surface area contributed by atoms with Crippen molar-refractivity contribution in [3.63, 3.8) is 0 Å². The van der Waals surface area contributed by atoms with Gasteiger partial charge in [-0.15, -0.1) is 0 Å². The number of hydrogen-bond donors (Lipinski definition) is 2. The number of carbonyl (C=O) groups is 2. The number of carbonyl (C=O) groups excluding carboxylic acids is 2. The molecule has 1 aromatic carbocycles. The van der Waals surface area contributed by atoms with Crippen molar-refractivity contribution in [1.29, 1.82) is 0 Å². The minimum atomic E-state index is -4.00. The highest BCUT2D eigenvalue weighted by Crippen LogP contribution is 2.14. The van der Waals surface area contributed by atoms with Gasteiger partial charge in [-0.05, 0) is 25.1 Å². The molecule has 2 rings (SSSR count). The van der Waals surface area contributed by atoms with Gasteiger partial charge < -0.3 is 15.0 Å². The highest BCUT2D eigenvalue weighted by molar-refractivity contribution is 7.91. The van der Waals surface area contributed by atoms with Crippen molar-refractivity contribution in [2.75, 3.05) is 12.5 Å². The van der Waals surface area contributed by atoms with Gasteiger partial charge in [0.1, 0.15) is 11.6 Å². The van der Waals surface area contributed by atoms with Crippen LogP contribution < -0.4 is 5.32 Å². The largest absolute Gasteiger partial charge is 0.461 e. The topological polar surface area (TPSA) is 105 Å². The van der Waals surface area contributed by atoms with E-state index in [0.29, 0.717) is 0 Å². The third-order valence-electron chi connectivity index (χ3n) is 3.13. The number of rotatable bonds is 6. The number of nitrogens with one attached hydrogen (secondary N) is 2. The lowest BCUT2D eigenvalue weighted by Crippen LogP contribution is -2.30. The number of ether oxygens (including phenoxy) is 1. The summed E-state index contributed by atoms with van der Waals surface area (Å²) in [6.45, 7) is 1.72. The minimum absolute atomic E-state index is 0.0667. The van der Waals surface area contributed by atoms with Gasteiger partial charge in [-0.3, -0.25) is 4.79 Å². The molecule has 0 aliphatic rings. The molecule has 0 aliphatic carbocycles. The van der Waals surface area contributed by atoms with Gasteiger partial charge in [0.25, 0.3) is 5.91 Å². The van der Waals surface area contributed by atoms with Gasteiger partial charge in [-0.25, -0.2) is 22.0 Å². The molecule has 7 nitrogen and oxygen atoms in total. The standard InChI is InChI=1S/C15H14F2N2O5S/c1-2-24-15(21)12-6-9(7-18-12)25(22,23)8-19-14(20)10-4-3-5-11(16)13(10)17/h3-7,18H,2,8H2,1H3,(H,19,20). The van der Waals surface area contributed by atoms with E-state index >= 15 is 0 Å². The summed E-state index contributed by atoms with van der Waals surface area (Å²) in [6.07, 6.45) is 1.07. The first-order valence-corrected chi connectivity index (χ1v) is 8.72. The zero-order valence-corrected chi connectivity index (χ0v) is 13.8. The Kier molecular flexibility index (Phi) is 5.52. The summed E-state index contributed by atoms with van der Waals surface area (Å²) >= 11 is 0. The lowest BCUT2D eigenvalue weighted by molar-refractivity contribution is 0.0520. The molecule has 0 radical (unpaired) electrons. The molecule has 10 heteroatoms. The van der Waals surface area contributed by atoms with Crippen LogP contribution in [0.25, 0.3) is 0 Å². The molecular weight excluding hydrogens is 358 g/mol. The molecule has 1 heterocycles. The van der Waals surface area contributed by atoms with E-state index in [1.807, 2.05) is 5.32 Å². The van der Waals surface area contributed by atoms with Crippen molar-refractivity contribution >= 4 is 21.7 Å². The van der Waals surface area contributed by atoms with E-state index in [9.17, 15) is 26.8 Å². The molecule has 1 aromatic heterocycles. The van der Waals surface area contributed by atoms with Crippen LogP contribution in [-0.4, -0.2) is 37.8 Å². The quantitative estimate of drug-likeness (QED) is 0.750. The molecular formula is C15H14F2N2O5S. The molecule has 0 unspecified atom stereocenters. The summed E-state index contributed by atoms with van der Waals surface area (Å²) in [5.74, 6) is -5.26. The lowest BCUT2D eigenvalue weighted by Gasteiger charge is -2.06. The Morgan fingerprint density at radius 1 is 1.28 bits per heavy atom. The molecule has 0 spiro atoms. The Hall–Kier alpha value is -2.75. The number of aromatic amines is 1. The normalized spacial score (nSPS) is 11.2. The molecule has 0 aliphatic heterocycles. The van der Waals surface area contributed by atoms with Crippen molar-refractivity contribution < 1.29 is 31.5 Å². The van der Waals surface area contributed by atoms with Crippen molar-refractivity contribution in [3.05, 3.63) is 53.4 Å². The Bertz CT molecular complexity index is 908. The van der Waals surface area contributed by atoms with Crippen molar-refractivity contribution in [3.8, 4) is 0 Å². The predicted octanol–water partition coefficient (Wildman–Crippen LogP) is 1.63. The molecule has 2 N–H and O–H groups in total. The average Bonchev–Trinajstić information content (AvgIpc) is 3.06. The van der Waals surface area contributed by atoms with E-state index in [0.717, 1.165) is 30.5 Å². The molecule has 2 aromatic rings. The number of sulfone groups is 1. The Morgan fingerprint density at radius 2 is 2.00 bits per heavy atom. The molecule has 134 valence electrons. The fraction of sp³-hybridized carbons (Fsp3) is 0.200. The van der Waals surface area contributed by atoms with Gasteiger partial charge in [-0.2, -0.15) is 0 Å². The van der Waals surface area contributed by atoms with E-state index in [4.69, 9.17) is 4.74 Å². The molecule has 0 atom stereocenters. The van der Waals surface area contributed by atoms with Gasteiger partial charge >= 0.3 is 5.97 Å². The van der Waals surface area contributed by atoms with Crippen LogP contribution in [0.3, 0.4) is 0 Å². The fourth-order valence-corrected chi connectivity index (χ4v) is 2.92. The molecule has 0 saturated carbocycles. The average molecular weight is 372 g/mol. The number of H-pyrrole nitrogens is 1. The number of esters is 1. The van der Waals surface area contributed by atoms with Crippen LogP contribution in [0.1, 0.15) is 27.8 Å². The van der Waals surface area contributed by atoms with Crippen molar-refractivity contribution in [2.24, 2.45) is 0 Å². The second kappa shape index (κ2) is 7.43. The van der Waals surface area contributed by atoms with Crippen LogP contribution in [0.2, 0.25) is 0 Å². The highest BCUT2D eigenvalue weighted by Gasteiger charge is 2.22. The Balaban J connectivity index is 2.10. The first-order valence-electron chi connectivity index (χ1n) is 7.06. The molecule has 1 amide bonds. The summed E-state index contributed by atoms with van der Waals surface area (Å²) in [4.78, 5) is 25.5. The van der Waals surface area contributed by atoms with Crippen LogP contribution >= 0.6 is 0 Å². The van der Waals surface area contributed by atoms with E-state index in [1.165, 1.54) is 0 Å². The van der Waals surface area contributed by atoms with E-state index < -0.39 is 44.8 Å². The number of hydrogen-bond acceptors (Lipinski definition) is 5. The van der Waals surface area contributed by atoms with Gasteiger partial charge in [0.05, 0.1) is 17.1 Å². The van der Waals surface area contributed by atoms with Crippen molar-refractivity contribution in [2.45, 2.75) is 11.8 Å². The van der Waals surface area contributed by atoms with E-state index in [1.54, 1.807) is 6.92 Å². The third-order valence-corrected chi connectivity index (χ3v) is 4.61. The van der Waals surface area contributed by atoms with E-state index in [-0.39, 0.29) is 17.2 Å². The van der Waals surface area contributed by atoms with Gasteiger partial charge in [-0.1, -0.05) is 6.07 Å². The SMILES string of the molecule is CCOC(=O)c1cc(S(=O)(=O)CNC(=O)c2cccc(F)c2F)c[nH]1. The number of benzene rings is 1. The third kappa shape index (κ3) is 4.21. The zero-order chi connectivity index (χ0) is 18.6. The summed E-state index contributed by atoms with van der Waals surface area (Å²) in [5.41, 5.74) is -0.681. The lowest BCUT2D eigenvalue weighted by atomic mass is 10.2. The summed E-state index contributed by atoms with van der Waals surface area (Å²) < 4.78 is 55.7. The number of amides is 1. The van der Waals surface area contributed by atoms with E-state index in [2.05, 4.69) is 4.98 Å². The van der Waals surface area contributed by atoms with Crippen LogP contribution in [0.4, 0.5) is 8.78 Å². The van der Waals surface area contributed by atoms with Crippen LogP contribution in [-0.2, 0) is 14.6 Å². The number of halogens is 2. The number of aromatic nitrogens is 1. The summed E-state index contributed by atoms with van der Waals surface area (Å²) in [5, 5.41) is 2.01. The molecule has 0 saturated heterocycles. The second-order valence-electron chi connectivity index (χ2n) is 4.84. The monoisotopic (exact) mass is 372 g/mol. The first kappa shape index (κ1) is 18.6. The Morgan fingerprint density at radius 3 is 2.68 bits per heavy atom. The maximum absolute atomic E-state index is 13.5. The van der Waals surface area contributed by atoms with Crippen LogP contribution in [0.5, 0.6) is 0 Å². The van der Waals surface area contributed by atoms with Gasteiger partial charge in [0.15, 0.2) is 21.5 Å². The first-order chi connectivity index (χ1) is 11.8. The predicted molar refractivity (Wildman–Crippen MR) is 82.6 cm³/mol. The highest BCUT2D eigenvalue weighted by atomic mass is 32.2. The summed E-state index contributed by atoms with van der Waals surface area (Å²) in [7, 11) is -4.00. The second-order valence-corrected chi connectivity index (χ2v) is 6.83. The zero-order valence-electron chi connectivity index (χ0n) is 13.0. The fourth-order valence-electron chi connectivity index (χ4n) is 1.90. The van der Waals surface area contributed by atoms with Crippen LogP contribution in [0, 0.1) is 11.6 Å². The molecule has 25 heavy (non-hydrogen) atoms. The van der Waals surface area contributed by atoms with Gasteiger partial charge in [0, 0.05) is 6.20 Å². The van der Waals surface area contributed by atoms with Crippen molar-refractivity contribution in [1.82, 2.24) is 10.3 Å². The maximum Gasteiger partial charge on any atom is 0.354 e. The van der Waals surface area contributed by atoms with Gasteiger partial charge in [0.2, 0.25) is 0 Å². The summed E-state index contributed by atoms with van der Waals surface area (Å²) in [6, 6.07) is 4.04. The Labute approximate surface area is 141 Å². The smallest absolute Gasteiger partial charge is 0.354 e. The minimum Gasteiger partial charge on any atom is -0.461 e. The van der Waals surface area contributed by atoms with Crippen LogP contribution in [0.15, 0.2) is 35.4 Å². The molecule has 0 bridgehead atoms. The maximum atomic E-state index is 13.5.